The fourth-order valence-corrected chi connectivity index (χ4v) is 2.17. The Morgan fingerprint density at radius 1 is 1.26 bits per heavy atom. The summed E-state index contributed by atoms with van der Waals surface area (Å²) in [5.74, 6) is -0.0322. The number of hydrogen-bond acceptors (Lipinski definition) is 3. The van der Waals surface area contributed by atoms with E-state index in [1.807, 2.05) is 27.7 Å². The molecule has 4 N–H and O–H groups in total. The lowest BCUT2D eigenvalue weighted by molar-refractivity contribution is -0.118. The maximum Gasteiger partial charge on any atom is 0.252 e. The van der Waals surface area contributed by atoms with Gasteiger partial charge in [-0.15, -0.1) is 0 Å². The van der Waals surface area contributed by atoms with Crippen LogP contribution in [0.4, 0.5) is 5.69 Å². The van der Waals surface area contributed by atoms with Gasteiger partial charge in [-0.3, -0.25) is 9.59 Å². The Morgan fingerprint density at radius 2 is 1.91 bits per heavy atom. The summed E-state index contributed by atoms with van der Waals surface area (Å²) in [5.41, 5.74) is 6.81. The second-order valence-corrected chi connectivity index (χ2v) is 6.61. The first-order chi connectivity index (χ1) is 10.8. The minimum atomic E-state index is -0.576. The highest BCUT2D eigenvalue weighted by molar-refractivity contribution is 6.34. The van der Waals surface area contributed by atoms with Gasteiger partial charge in [0.25, 0.3) is 5.91 Å². The van der Waals surface area contributed by atoms with Crippen LogP contribution in [0.2, 0.25) is 5.02 Å². The Balaban J connectivity index is 2.76. The smallest absolute Gasteiger partial charge is 0.252 e. The standard InChI is InChI=1S/C17H26ClN3O2/c1-5-11(4)15(19)17(23)21-12-6-7-13(14(18)8-12)16(22)20-9-10(2)3/h6-8,10-11,15H,5,9,19H2,1-4H3,(H,20,22)(H,21,23). The number of hydrogen-bond donors (Lipinski definition) is 3. The van der Waals surface area contributed by atoms with Crippen molar-refractivity contribution in [2.75, 3.05) is 11.9 Å². The third-order valence-electron chi connectivity index (χ3n) is 3.71. The summed E-state index contributed by atoms with van der Waals surface area (Å²) >= 11 is 6.15. The van der Waals surface area contributed by atoms with Crippen LogP contribution in [-0.2, 0) is 4.79 Å². The zero-order chi connectivity index (χ0) is 17.6. The van der Waals surface area contributed by atoms with Gasteiger partial charge in [-0.2, -0.15) is 0 Å². The molecule has 0 spiro atoms. The van der Waals surface area contributed by atoms with E-state index in [9.17, 15) is 9.59 Å². The van der Waals surface area contributed by atoms with Gasteiger partial charge in [0.15, 0.2) is 0 Å². The highest BCUT2D eigenvalue weighted by atomic mass is 35.5. The van der Waals surface area contributed by atoms with Crippen molar-refractivity contribution in [2.45, 2.75) is 40.2 Å². The lowest BCUT2D eigenvalue weighted by Gasteiger charge is -2.18. The molecule has 0 aliphatic rings. The average Bonchev–Trinajstić information content (AvgIpc) is 2.51. The van der Waals surface area contributed by atoms with Crippen LogP contribution in [0.3, 0.4) is 0 Å². The molecule has 0 saturated carbocycles. The lowest BCUT2D eigenvalue weighted by atomic mass is 9.99. The number of halogens is 1. The molecule has 2 atom stereocenters. The molecule has 1 rings (SSSR count). The normalized spacial score (nSPS) is 13.5. The maximum absolute atomic E-state index is 12.1. The Labute approximate surface area is 143 Å². The number of carbonyl (C=O) groups is 2. The zero-order valence-corrected chi connectivity index (χ0v) is 14.9. The van der Waals surface area contributed by atoms with Crippen molar-refractivity contribution in [2.24, 2.45) is 17.6 Å². The number of rotatable bonds is 7. The fraction of sp³-hybridized carbons (Fsp3) is 0.529. The van der Waals surface area contributed by atoms with E-state index in [2.05, 4.69) is 10.6 Å². The Bertz CT molecular complexity index is 561. The molecule has 128 valence electrons. The summed E-state index contributed by atoms with van der Waals surface area (Å²) in [6, 6.07) is 4.24. The molecule has 2 unspecified atom stereocenters. The summed E-state index contributed by atoms with van der Waals surface area (Å²) in [7, 11) is 0. The van der Waals surface area contributed by atoms with Gasteiger partial charge < -0.3 is 16.4 Å². The molecule has 2 amide bonds. The van der Waals surface area contributed by atoms with Crippen LogP contribution in [0.25, 0.3) is 0 Å². The van der Waals surface area contributed by atoms with E-state index < -0.39 is 6.04 Å². The van der Waals surface area contributed by atoms with Crippen LogP contribution in [0.15, 0.2) is 18.2 Å². The van der Waals surface area contributed by atoms with Crippen LogP contribution < -0.4 is 16.4 Å². The fourth-order valence-electron chi connectivity index (χ4n) is 1.91. The number of benzene rings is 1. The molecule has 0 aliphatic carbocycles. The third kappa shape index (κ3) is 5.84. The summed E-state index contributed by atoms with van der Waals surface area (Å²) < 4.78 is 0. The van der Waals surface area contributed by atoms with Gasteiger partial charge in [-0.25, -0.2) is 0 Å². The molecule has 0 aromatic heterocycles. The first kappa shape index (κ1) is 19.5. The second kappa shape index (κ2) is 8.89. The quantitative estimate of drug-likeness (QED) is 0.713. The number of amides is 2. The minimum absolute atomic E-state index is 0.0894. The van der Waals surface area contributed by atoms with Gasteiger partial charge in [0.05, 0.1) is 16.6 Å². The van der Waals surface area contributed by atoms with E-state index in [0.717, 1.165) is 6.42 Å². The van der Waals surface area contributed by atoms with Crippen LogP contribution in [-0.4, -0.2) is 24.4 Å². The van der Waals surface area contributed by atoms with Crippen molar-refractivity contribution < 1.29 is 9.59 Å². The van der Waals surface area contributed by atoms with Gasteiger partial charge in [0.2, 0.25) is 5.91 Å². The molecule has 0 heterocycles. The van der Waals surface area contributed by atoms with Crippen molar-refractivity contribution in [3.05, 3.63) is 28.8 Å². The first-order valence-electron chi connectivity index (χ1n) is 7.90. The van der Waals surface area contributed by atoms with Crippen LogP contribution >= 0.6 is 11.6 Å². The minimum Gasteiger partial charge on any atom is -0.352 e. The molecule has 1 aromatic carbocycles. The zero-order valence-electron chi connectivity index (χ0n) is 14.2. The highest BCUT2D eigenvalue weighted by Gasteiger charge is 2.20. The average molecular weight is 340 g/mol. The Hall–Kier alpha value is -1.59. The Kier molecular flexibility index (Phi) is 7.52. The van der Waals surface area contributed by atoms with Gasteiger partial charge in [0.1, 0.15) is 0 Å². The van der Waals surface area contributed by atoms with Gasteiger partial charge in [0, 0.05) is 12.2 Å². The van der Waals surface area contributed by atoms with Gasteiger partial charge in [-0.1, -0.05) is 45.7 Å². The van der Waals surface area contributed by atoms with Gasteiger partial charge >= 0.3 is 0 Å². The van der Waals surface area contributed by atoms with Crippen LogP contribution in [0, 0.1) is 11.8 Å². The van der Waals surface area contributed by atoms with Gasteiger partial charge in [-0.05, 0) is 30.0 Å². The maximum atomic E-state index is 12.1. The number of nitrogens with one attached hydrogen (secondary N) is 2. The van der Waals surface area contributed by atoms with Crippen LogP contribution in [0.1, 0.15) is 44.5 Å². The molecule has 1 aromatic rings. The second-order valence-electron chi connectivity index (χ2n) is 6.20. The van der Waals surface area contributed by atoms with Crippen molar-refractivity contribution in [3.8, 4) is 0 Å². The summed E-state index contributed by atoms with van der Waals surface area (Å²) in [6.07, 6.45) is 0.824. The molecule has 23 heavy (non-hydrogen) atoms. The molecule has 0 saturated heterocycles. The SMILES string of the molecule is CCC(C)C(N)C(=O)Nc1ccc(C(=O)NCC(C)C)c(Cl)c1. The van der Waals surface area contributed by atoms with E-state index in [4.69, 9.17) is 17.3 Å². The molecule has 0 aliphatic heterocycles. The molecule has 5 nitrogen and oxygen atoms in total. The number of anilines is 1. The van der Waals surface area contributed by atoms with E-state index in [0.29, 0.717) is 28.7 Å². The predicted octanol–water partition coefficient (Wildman–Crippen LogP) is 3.04. The van der Waals surface area contributed by atoms with Crippen LogP contribution in [0.5, 0.6) is 0 Å². The third-order valence-corrected chi connectivity index (χ3v) is 4.02. The number of nitrogens with two attached hydrogens (primary N) is 1. The lowest BCUT2D eigenvalue weighted by Crippen LogP contribution is -2.40. The van der Waals surface area contributed by atoms with E-state index in [-0.39, 0.29) is 17.7 Å². The molecule has 6 heteroatoms. The van der Waals surface area contributed by atoms with E-state index in [1.165, 1.54) is 0 Å². The monoisotopic (exact) mass is 339 g/mol. The van der Waals surface area contributed by atoms with Crippen molar-refractivity contribution >= 4 is 29.1 Å². The molecular weight excluding hydrogens is 314 g/mol. The van der Waals surface area contributed by atoms with E-state index >= 15 is 0 Å². The topological polar surface area (TPSA) is 84.2 Å². The van der Waals surface area contributed by atoms with Crippen molar-refractivity contribution in [1.29, 1.82) is 0 Å². The molecule has 0 fully saturated rings. The first-order valence-corrected chi connectivity index (χ1v) is 8.28. The Morgan fingerprint density at radius 3 is 2.43 bits per heavy atom. The van der Waals surface area contributed by atoms with Crippen molar-refractivity contribution in [1.82, 2.24) is 5.32 Å². The van der Waals surface area contributed by atoms with Crippen molar-refractivity contribution in [3.63, 3.8) is 0 Å². The molecular formula is C17H26ClN3O2. The highest BCUT2D eigenvalue weighted by Crippen LogP contribution is 2.21. The number of carbonyl (C=O) groups excluding carboxylic acids is 2. The summed E-state index contributed by atoms with van der Waals surface area (Å²) in [6.45, 7) is 8.53. The molecule has 0 radical (unpaired) electrons. The largest absolute Gasteiger partial charge is 0.352 e. The van der Waals surface area contributed by atoms with E-state index in [1.54, 1.807) is 18.2 Å². The predicted molar refractivity (Wildman–Crippen MR) is 94.7 cm³/mol. The summed E-state index contributed by atoms with van der Waals surface area (Å²) in [5, 5.41) is 5.84. The molecule has 0 bridgehead atoms. The summed E-state index contributed by atoms with van der Waals surface area (Å²) in [4.78, 5) is 24.1.